The van der Waals surface area contributed by atoms with Crippen LogP contribution in [0.1, 0.15) is 6.92 Å². The number of esters is 1. The van der Waals surface area contributed by atoms with Gasteiger partial charge in [-0.2, -0.15) is 10.5 Å². The molecule has 1 rings (SSSR count). The zero-order valence-corrected chi connectivity index (χ0v) is 10.9. The maximum absolute atomic E-state index is 11.5. The third-order valence-electron chi connectivity index (χ3n) is 2.10. The molecular formula is C11H10N4O2S. The lowest BCUT2D eigenvalue weighted by Gasteiger charge is -2.17. The van der Waals surface area contributed by atoms with E-state index in [1.165, 1.54) is 18.9 Å². The minimum atomic E-state index is -0.789. The van der Waals surface area contributed by atoms with E-state index in [4.69, 9.17) is 10.5 Å². The van der Waals surface area contributed by atoms with Crippen LogP contribution < -0.4 is 5.32 Å². The fourth-order valence-electron chi connectivity index (χ4n) is 1.33. The van der Waals surface area contributed by atoms with Crippen LogP contribution in [0.15, 0.2) is 26.9 Å². The lowest BCUT2D eigenvalue weighted by molar-refractivity contribution is -0.135. The summed E-state index contributed by atoms with van der Waals surface area (Å²) in [4.78, 5) is 15.6. The fourth-order valence-corrected chi connectivity index (χ4v) is 1.91. The van der Waals surface area contributed by atoms with E-state index in [0.29, 0.717) is 10.9 Å². The van der Waals surface area contributed by atoms with Crippen molar-refractivity contribution in [1.82, 2.24) is 5.32 Å². The highest BCUT2D eigenvalue weighted by atomic mass is 32.2. The molecule has 0 aromatic rings. The van der Waals surface area contributed by atoms with E-state index in [0.717, 1.165) is 0 Å². The minimum Gasteiger partial charge on any atom is -0.465 e. The van der Waals surface area contributed by atoms with E-state index in [1.54, 1.807) is 19.2 Å². The monoisotopic (exact) mass is 262 g/mol. The maximum Gasteiger partial charge on any atom is 0.350 e. The molecule has 92 valence electrons. The van der Waals surface area contributed by atoms with Gasteiger partial charge in [-0.25, -0.2) is 9.79 Å². The Kier molecular flexibility index (Phi) is 4.52. The van der Waals surface area contributed by atoms with Crippen molar-refractivity contribution in [3.8, 4) is 12.1 Å². The molecule has 0 aromatic carbocycles. The summed E-state index contributed by atoms with van der Waals surface area (Å²) in [5.74, 6) is -0.284. The highest BCUT2D eigenvalue weighted by molar-refractivity contribution is 8.02. The summed E-state index contributed by atoms with van der Waals surface area (Å²) in [5, 5.41) is 21.4. The lowest BCUT2D eigenvalue weighted by atomic mass is 10.1. The van der Waals surface area contributed by atoms with Crippen LogP contribution in [0.3, 0.4) is 0 Å². The fraction of sp³-hybridized carbons (Fsp3) is 0.273. The number of nitriles is 2. The van der Waals surface area contributed by atoms with Gasteiger partial charge in [0.2, 0.25) is 0 Å². The van der Waals surface area contributed by atoms with Crippen LogP contribution in [0.5, 0.6) is 0 Å². The van der Waals surface area contributed by atoms with Gasteiger partial charge in [0.05, 0.1) is 12.8 Å². The summed E-state index contributed by atoms with van der Waals surface area (Å²) in [6.45, 7) is 1.68. The minimum absolute atomic E-state index is 0.142. The van der Waals surface area contributed by atoms with E-state index < -0.39 is 5.97 Å². The number of nitrogens with zero attached hydrogens (tertiary/aromatic N) is 3. The number of carbonyl (C=O) groups is 1. The Morgan fingerprint density at radius 1 is 1.50 bits per heavy atom. The second kappa shape index (κ2) is 5.89. The van der Waals surface area contributed by atoms with Gasteiger partial charge >= 0.3 is 5.97 Å². The largest absolute Gasteiger partial charge is 0.465 e. The summed E-state index contributed by atoms with van der Waals surface area (Å²) in [7, 11) is 1.18. The Morgan fingerprint density at radius 2 is 2.17 bits per heavy atom. The number of nitrogens with one attached hydrogen (secondary N) is 1. The molecule has 0 spiro atoms. The number of carbonyl (C=O) groups excluding carboxylic acids is 1. The number of hydrogen-bond donors (Lipinski definition) is 1. The highest BCUT2D eigenvalue weighted by Gasteiger charge is 2.25. The number of thioether (sulfide) groups is 1. The van der Waals surface area contributed by atoms with Gasteiger partial charge in [-0.15, -0.1) is 11.8 Å². The summed E-state index contributed by atoms with van der Waals surface area (Å²) >= 11 is 1.27. The summed E-state index contributed by atoms with van der Waals surface area (Å²) in [5.41, 5.74) is 0.0635. The van der Waals surface area contributed by atoms with Gasteiger partial charge in [0.1, 0.15) is 28.6 Å². The average Bonchev–Trinajstić information content (AvgIpc) is 2.38. The molecule has 0 bridgehead atoms. The molecule has 1 aliphatic heterocycles. The third kappa shape index (κ3) is 2.53. The number of amidine groups is 1. The van der Waals surface area contributed by atoms with E-state index >= 15 is 0 Å². The smallest absolute Gasteiger partial charge is 0.350 e. The van der Waals surface area contributed by atoms with Gasteiger partial charge in [-0.1, -0.05) is 0 Å². The first-order valence-corrected chi connectivity index (χ1v) is 6.05. The first-order valence-electron chi connectivity index (χ1n) is 4.82. The van der Waals surface area contributed by atoms with Gasteiger partial charge in [-0.3, -0.25) is 0 Å². The molecule has 0 unspecified atom stereocenters. The second-order valence-corrected chi connectivity index (χ2v) is 3.97. The van der Waals surface area contributed by atoms with Crippen molar-refractivity contribution in [1.29, 1.82) is 10.5 Å². The first kappa shape index (κ1) is 13.8. The zero-order valence-electron chi connectivity index (χ0n) is 10.1. The molecule has 18 heavy (non-hydrogen) atoms. The van der Waals surface area contributed by atoms with Crippen molar-refractivity contribution < 1.29 is 9.53 Å². The molecule has 6 nitrogen and oxygen atoms in total. The predicted molar refractivity (Wildman–Crippen MR) is 67.1 cm³/mol. The SMILES string of the molecule is COC(=O)C(C#N)=C1NC(C)=NC(SC)=C1C#N. The number of ether oxygens (including phenoxy) is 1. The topological polar surface area (TPSA) is 98.3 Å². The van der Waals surface area contributed by atoms with Crippen LogP contribution in [0.25, 0.3) is 0 Å². The van der Waals surface area contributed by atoms with E-state index in [1.807, 2.05) is 6.07 Å². The quantitative estimate of drug-likeness (QED) is 0.454. The molecule has 0 fully saturated rings. The molecule has 0 atom stereocenters. The van der Waals surface area contributed by atoms with Crippen LogP contribution in [-0.4, -0.2) is 25.2 Å². The Hall–Kier alpha value is -2.25. The van der Waals surface area contributed by atoms with Crippen molar-refractivity contribution in [2.24, 2.45) is 4.99 Å². The number of allylic oxidation sites excluding steroid dienone is 1. The molecular weight excluding hydrogens is 252 g/mol. The summed E-state index contributed by atoms with van der Waals surface area (Å²) in [6, 6.07) is 3.69. The molecule has 1 heterocycles. The van der Waals surface area contributed by atoms with E-state index in [2.05, 4.69) is 15.0 Å². The van der Waals surface area contributed by atoms with Crippen molar-refractivity contribution in [2.45, 2.75) is 6.92 Å². The van der Waals surface area contributed by atoms with Gasteiger partial charge in [-0.05, 0) is 13.2 Å². The Balaban J connectivity index is 3.51. The Bertz CT molecular complexity index is 561. The molecule has 7 heteroatoms. The Morgan fingerprint density at radius 3 is 2.61 bits per heavy atom. The molecule has 0 aliphatic carbocycles. The van der Waals surface area contributed by atoms with Crippen molar-refractivity contribution in [2.75, 3.05) is 13.4 Å². The maximum atomic E-state index is 11.5. The van der Waals surface area contributed by atoms with Crippen LogP contribution in [0, 0.1) is 22.7 Å². The third-order valence-corrected chi connectivity index (χ3v) is 2.78. The normalized spacial score (nSPS) is 17.1. The lowest BCUT2D eigenvalue weighted by Crippen LogP contribution is -2.28. The van der Waals surface area contributed by atoms with Crippen molar-refractivity contribution >= 4 is 23.6 Å². The van der Waals surface area contributed by atoms with Gasteiger partial charge in [0, 0.05) is 0 Å². The van der Waals surface area contributed by atoms with Crippen molar-refractivity contribution in [3.63, 3.8) is 0 Å². The van der Waals surface area contributed by atoms with Gasteiger partial charge in [0.15, 0.2) is 5.57 Å². The van der Waals surface area contributed by atoms with Crippen LogP contribution in [0.2, 0.25) is 0 Å². The molecule has 0 aromatic heterocycles. The molecule has 0 radical (unpaired) electrons. The predicted octanol–water partition coefficient (Wildman–Crippen LogP) is 1.06. The molecule has 0 amide bonds. The number of hydrogen-bond acceptors (Lipinski definition) is 7. The molecule has 1 N–H and O–H groups in total. The van der Waals surface area contributed by atoms with Crippen molar-refractivity contribution in [3.05, 3.63) is 21.9 Å². The summed E-state index contributed by atoms with van der Waals surface area (Å²) < 4.78 is 4.52. The Labute approximate surface area is 109 Å². The van der Waals surface area contributed by atoms with E-state index in [-0.39, 0.29) is 16.8 Å². The van der Waals surface area contributed by atoms with Gasteiger partial charge in [0.25, 0.3) is 0 Å². The molecule has 0 saturated carbocycles. The second-order valence-electron chi connectivity index (χ2n) is 3.17. The average molecular weight is 262 g/mol. The molecule has 0 saturated heterocycles. The van der Waals surface area contributed by atoms with Crippen LogP contribution in [-0.2, 0) is 9.53 Å². The summed E-state index contributed by atoms with van der Waals surface area (Å²) in [6.07, 6.45) is 1.76. The molecule has 1 aliphatic rings. The standard InChI is InChI=1S/C11H10N4O2S/c1-6-14-9(8(5-13)11(16)17-2)7(4-12)10(15-6)18-3/h1-3H3,(H,14,15). The zero-order chi connectivity index (χ0) is 13.7. The highest BCUT2D eigenvalue weighted by Crippen LogP contribution is 2.27. The first-order chi connectivity index (χ1) is 8.58. The van der Waals surface area contributed by atoms with Gasteiger partial charge < -0.3 is 10.1 Å². The van der Waals surface area contributed by atoms with Crippen LogP contribution >= 0.6 is 11.8 Å². The number of methoxy groups -OCH3 is 1. The van der Waals surface area contributed by atoms with E-state index in [9.17, 15) is 4.79 Å². The van der Waals surface area contributed by atoms with Crippen LogP contribution in [0.4, 0.5) is 0 Å². The number of rotatable bonds is 2. The number of aliphatic imine (C=N–C) groups is 1.